The van der Waals surface area contributed by atoms with Crippen LogP contribution in [0.5, 0.6) is 0 Å². The van der Waals surface area contributed by atoms with Gasteiger partial charge >= 0.3 is 5.97 Å². The second kappa shape index (κ2) is 18.3. The number of ether oxygens (including phenoxy) is 1. The van der Waals surface area contributed by atoms with E-state index < -0.39 is 5.97 Å². The van der Waals surface area contributed by atoms with Gasteiger partial charge in [0.15, 0.2) is 0 Å². The summed E-state index contributed by atoms with van der Waals surface area (Å²) in [6.45, 7) is 2.93. The average Bonchev–Trinajstić information content (AvgIpc) is 2.58. The molecular formula is C20H39NO3. The highest BCUT2D eigenvalue weighted by atomic mass is 16.5. The second-order valence-electron chi connectivity index (χ2n) is 6.70. The zero-order chi connectivity index (χ0) is 17.9. The number of hydrogen-bond donors (Lipinski definition) is 1. The summed E-state index contributed by atoms with van der Waals surface area (Å²) in [6, 6.07) is 0. The Hall–Kier alpha value is -1.06. The van der Waals surface area contributed by atoms with E-state index in [4.69, 9.17) is 0 Å². The van der Waals surface area contributed by atoms with Gasteiger partial charge in [-0.15, -0.1) is 0 Å². The Bertz CT molecular complexity index is 305. The van der Waals surface area contributed by atoms with Crippen LogP contribution >= 0.6 is 0 Å². The largest absolute Gasteiger partial charge is 0.469 e. The fourth-order valence-corrected chi connectivity index (χ4v) is 2.81. The van der Waals surface area contributed by atoms with Gasteiger partial charge in [-0.2, -0.15) is 0 Å². The number of methoxy groups -OCH3 is 1. The molecule has 0 aromatic carbocycles. The van der Waals surface area contributed by atoms with Crippen molar-refractivity contribution in [2.24, 2.45) is 0 Å². The highest BCUT2D eigenvalue weighted by Crippen LogP contribution is 2.12. The van der Waals surface area contributed by atoms with Crippen molar-refractivity contribution in [3.8, 4) is 0 Å². The summed E-state index contributed by atoms with van der Waals surface area (Å²) in [5, 5.41) is 2.75. The first-order valence-electron chi connectivity index (χ1n) is 10.0. The molecule has 24 heavy (non-hydrogen) atoms. The molecule has 0 saturated heterocycles. The van der Waals surface area contributed by atoms with Crippen molar-refractivity contribution >= 4 is 11.9 Å². The molecular weight excluding hydrogens is 302 g/mol. The van der Waals surface area contributed by atoms with Gasteiger partial charge in [-0.05, 0) is 6.42 Å². The van der Waals surface area contributed by atoms with Gasteiger partial charge in [0.1, 0.15) is 6.42 Å². The van der Waals surface area contributed by atoms with E-state index in [1.165, 1.54) is 84.2 Å². The average molecular weight is 342 g/mol. The van der Waals surface area contributed by atoms with Crippen LogP contribution in [0.25, 0.3) is 0 Å². The van der Waals surface area contributed by atoms with Gasteiger partial charge in [-0.1, -0.05) is 90.4 Å². The molecule has 4 heteroatoms. The summed E-state index contributed by atoms with van der Waals surface area (Å²) in [5.74, 6) is -0.718. The minimum absolute atomic E-state index is 0.172. The Balaban J connectivity index is 3.12. The maximum Gasteiger partial charge on any atom is 0.315 e. The van der Waals surface area contributed by atoms with Crippen LogP contribution in [0.4, 0.5) is 0 Å². The molecule has 0 heterocycles. The number of nitrogens with one attached hydrogen (secondary N) is 1. The third-order valence-electron chi connectivity index (χ3n) is 4.39. The minimum atomic E-state index is -0.478. The predicted octanol–water partition coefficient (Wildman–Crippen LogP) is 5.15. The molecule has 1 amide bonds. The molecule has 1 N–H and O–H groups in total. The van der Waals surface area contributed by atoms with Gasteiger partial charge in [0.25, 0.3) is 0 Å². The van der Waals surface area contributed by atoms with Crippen molar-refractivity contribution in [1.82, 2.24) is 5.32 Å². The van der Waals surface area contributed by atoms with Gasteiger partial charge in [0.2, 0.25) is 5.91 Å². The number of unbranched alkanes of at least 4 members (excludes halogenated alkanes) is 13. The van der Waals surface area contributed by atoms with Gasteiger partial charge in [-0.25, -0.2) is 0 Å². The molecule has 0 saturated carbocycles. The van der Waals surface area contributed by atoms with E-state index in [-0.39, 0.29) is 12.3 Å². The van der Waals surface area contributed by atoms with Crippen LogP contribution in [0.3, 0.4) is 0 Å². The summed E-state index contributed by atoms with van der Waals surface area (Å²) in [6.07, 6.45) is 18.4. The Morgan fingerprint density at radius 2 is 1.12 bits per heavy atom. The Labute approximate surface area is 149 Å². The molecule has 4 nitrogen and oxygen atoms in total. The highest BCUT2D eigenvalue weighted by molar-refractivity contribution is 5.94. The van der Waals surface area contributed by atoms with E-state index in [9.17, 15) is 9.59 Å². The maximum absolute atomic E-state index is 11.3. The first-order valence-corrected chi connectivity index (χ1v) is 10.0. The zero-order valence-electron chi connectivity index (χ0n) is 16.0. The molecule has 0 aromatic rings. The van der Waals surface area contributed by atoms with Crippen LogP contribution in [0, 0.1) is 0 Å². The molecule has 0 atom stereocenters. The van der Waals surface area contributed by atoms with E-state index in [0.29, 0.717) is 6.54 Å². The quantitative estimate of drug-likeness (QED) is 0.226. The van der Waals surface area contributed by atoms with Crippen molar-refractivity contribution in [2.45, 2.75) is 103 Å². The molecule has 0 rings (SSSR count). The van der Waals surface area contributed by atoms with E-state index >= 15 is 0 Å². The van der Waals surface area contributed by atoms with Crippen molar-refractivity contribution in [3.05, 3.63) is 0 Å². The lowest BCUT2D eigenvalue weighted by Gasteiger charge is -2.05. The van der Waals surface area contributed by atoms with E-state index in [1.807, 2.05) is 0 Å². The number of amides is 1. The van der Waals surface area contributed by atoms with E-state index in [0.717, 1.165) is 12.8 Å². The molecule has 0 radical (unpaired) electrons. The summed E-state index contributed by atoms with van der Waals surface area (Å²) >= 11 is 0. The number of rotatable bonds is 17. The molecule has 0 aliphatic rings. The Kier molecular flexibility index (Phi) is 17.5. The van der Waals surface area contributed by atoms with Crippen molar-refractivity contribution in [3.63, 3.8) is 0 Å². The van der Waals surface area contributed by atoms with Crippen LogP contribution in [0.2, 0.25) is 0 Å². The Morgan fingerprint density at radius 1 is 0.708 bits per heavy atom. The molecule has 0 aliphatic carbocycles. The number of carbonyl (C=O) groups excluding carboxylic acids is 2. The number of esters is 1. The first kappa shape index (κ1) is 22.9. The van der Waals surface area contributed by atoms with Crippen molar-refractivity contribution < 1.29 is 14.3 Å². The van der Waals surface area contributed by atoms with Crippen molar-refractivity contribution in [2.75, 3.05) is 13.7 Å². The zero-order valence-corrected chi connectivity index (χ0v) is 16.0. The second-order valence-corrected chi connectivity index (χ2v) is 6.70. The first-order chi connectivity index (χ1) is 11.7. The Morgan fingerprint density at radius 3 is 1.54 bits per heavy atom. The lowest BCUT2D eigenvalue weighted by atomic mass is 10.0. The molecule has 0 fully saturated rings. The standard InChI is InChI=1S/C20H39NO3/c1-3-4-5-6-7-8-9-10-11-12-13-14-15-16-17-21-19(22)18-20(23)24-2/h3-18H2,1-2H3,(H,21,22). The lowest BCUT2D eigenvalue weighted by Crippen LogP contribution is -2.27. The topological polar surface area (TPSA) is 55.4 Å². The number of hydrogen-bond acceptors (Lipinski definition) is 3. The summed E-state index contributed by atoms with van der Waals surface area (Å²) in [7, 11) is 1.29. The van der Waals surface area contributed by atoms with E-state index in [1.54, 1.807) is 0 Å². The van der Waals surface area contributed by atoms with E-state index in [2.05, 4.69) is 17.0 Å². The molecule has 0 aliphatic heterocycles. The van der Waals surface area contributed by atoms with Crippen LogP contribution in [-0.4, -0.2) is 25.5 Å². The van der Waals surface area contributed by atoms with Crippen LogP contribution < -0.4 is 5.32 Å². The van der Waals surface area contributed by atoms with Gasteiger partial charge in [0, 0.05) is 6.54 Å². The number of carbonyl (C=O) groups is 2. The van der Waals surface area contributed by atoms with Crippen LogP contribution in [0.15, 0.2) is 0 Å². The smallest absolute Gasteiger partial charge is 0.315 e. The van der Waals surface area contributed by atoms with Gasteiger partial charge in [-0.3, -0.25) is 9.59 Å². The van der Waals surface area contributed by atoms with Crippen molar-refractivity contribution in [1.29, 1.82) is 0 Å². The lowest BCUT2D eigenvalue weighted by molar-refractivity contribution is -0.143. The minimum Gasteiger partial charge on any atom is -0.469 e. The van der Waals surface area contributed by atoms with Gasteiger partial charge < -0.3 is 10.1 Å². The monoisotopic (exact) mass is 341 g/mol. The van der Waals surface area contributed by atoms with Crippen LogP contribution in [-0.2, 0) is 14.3 Å². The fourth-order valence-electron chi connectivity index (χ4n) is 2.81. The third kappa shape index (κ3) is 17.3. The fraction of sp³-hybridized carbons (Fsp3) is 0.900. The SMILES string of the molecule is CCCCCCCCCCCCCCCCNC(=O)CC(=O)OC. The molecule has 142 valence electrons. The van der Waals surface area contributed by atoms with Gasteiger partial charge in [0.05, 0.1) is 7.11 Å². The molecule has 0 aromatic heterocycles. The normalized spacial score (nSPS) is 10.6. The highest BCUT2D eigenvalue weighted by Gasteiger charge is 2.07. The van der Waals surface area contributed by atoms with Crippen LogP contribution in [0.1, 0.15) is 103 Å². The summed E-state index contributed by atoms with van der Waals surface area (Å²) in [4.78, 5) is 22.2. The maximum atomic E-state index is 11.3. The molecule has 0 unspecified atom stereocenters. The summed E-state index contributed by atoms with van der Waals surface area (Å²) < 4.78 is 4.45. The molecule has 0 bridgehead atoms. The predicted molar refractivity (Wildman–Crippen MR) is 100.0 cm³/mol. The molecule has 0 spiro atoms. The summed E-state index contributed by atoms with van der Waals surface area (Å²) in [5.41, 5.74) is 0. The third-order valence-corrected chi connectivity index (χ3v) is 4.39.